The van der Waals surface area contributed by atoms with Crippen LogP contribution in [0.1, 0.15) is 62.4 Å². The molecule has 0 spiro atoms. The van der Waals surface area contributed by atoms with Gasteiger partial charge in [-0.05, 0) is 26.7 Å². The van der Waals surface area contributed by atoms with E-state index in [4.69, 9.17) is 5.73 Å². The summed E-state index contributed by atoms with van der Waals surface area (Å²) in [5.41, 5.74) is 3.12. The van der Waals surface area contributed by atoms with Gasteiger partial charge in [0.05, 0.1) is 16.6 Å². The highest BCUT2D eigenvalue weighted by molar-refractivity contribution is 6.02. The van der Waals surface area contributed by atoms with Crippen molar-refractivity contribution in [2.45, 2.75) is 58.0 Å². The van der Waals surface area contributed by atoms with Crippen molar-refractivity contribution in [1.82, 2.24) is 4.57 Å². The van der Waals surface area contributed by atoms with Crippen molar-refractivity contribution < 1.29 is 13.6 Å². The van der Waals surface area contributed by atoms with Crippen LogP contribution in [0.2, 0.25) is 0 Å². The molecule has 0 saturated heterocycles. The lowest BCUT2D eigenvalue weighted by molar-refractivity contribution is 0.0999. The number of hydrogen-bond acceptors (Lipinski definition) is 5. The third-order valence-electron chi connectivity index (χ3n) is 5.21. The van der Waals surface area contributed by atoms with Crippen LogP contribution in [0.15, 0.2) is 16.2 Å². The van der Waals surface area contributed by atoms with Gasteiger partial charge in [0.15, 0.2) is 11.6 Å². The number of nitrogens with one attached hydrogen (secondary N) is 1. The Kier molecular flexibility index (Phi) is 5.44. The van der Waals surface area contributed by atoms with Crippen molar-refractivity contribution in [3.8, 4) is 0 Å². The van der Waals surface area contributed by atoms with Gasteiger partial charge in [-0.15, -0.1) is 4.91 Å². The first-order valence-electron chi connectivity index (χ1n) is 9.27. The number of nitrogen functional groups attached to an aromatic ring is 1. The maximum Gasteiger partial charge on any atom is 0.322 e. The van der Waals surface area contributed by atoms with E-state index in [1.54, 1.807) is 13.8 Å². The number of nitroso groups, excluding NO2 is 1. The number of nitrogens with two attached hydrogens (primary N) is 1. The lowest BCUT2D eigenvalue weighted by atomic mass is 9.95. The van der Waals surface area contributed by atoms with E-state index in [0.29, 0.717) is 0 Å². The molecule has 1 aromatic carbocycles. The zero-order valence-electron chi connectivity index (χ0n) is 15.7. The molecule has 0 unspecified atom stereocenters. The fourth-order valence-electron chi connectivity index (χ4n) is 3.75. The number of anilines is 2. The van der Waals surface area contributed by atoms with Crippen molar-refractivity contribution in [2.24, 2.45) is 5.18 Å². The molecule has 0 atom stereocenters. The number of aromatic nitrogens is 1. The van der Waals surface area contributed by atoms with Crippen molar-refractivity contribution in [2.75, 3.05) is 11.1 Å². The summed E-state index contributed by atoms with van der Waals surface area (Å²) in [5.74, 6) is -3.34. The summed E-state index contributed by atoms with van der Waals surface area (Å²) in [7, 11) is 0. The Morgan fingerprint density at radius 1 is 1.25 bits per heavy atom. The Hall–Kier alpha value is -2.84. The zero-order valence-corrected chi connectivity index (χ0v) is 15.7. The van der Waals surface area contributed by atoms with E-state index in [1.165, 1.54) is 4.57 Å². The molecule has 1 aliphatic rings. The number of amides is 1. The van der Waals surface area contributed by atoms with E-state index in [2.05, 4.69) is 10.5 Å². The number of benzene rings is 1. The number of rotatable bonds is 4. The van der Waals surface area contributed by atoms with E-state index in [9.17, 15) is 18.9 Å². The molecule has 3 N–H and O–H groups in total. The van der Waals surface area contributed by atoms with E-state index < -0.39 is 45.6 Å². The maximum absolute atomic E-state index is 15.4. The second-order valence-electron chi connectivity index (χ2n) is 7.39. The molecule has 0 radical (unpaired) electrons. The van der Waals surface area contributed by atoms with Crippen LogP contribution in [-0.2, 0) is 0 Å². The van der Waals surface area contributed by atoms with Crippen LogP contribution >= 0.6 is 0 Å². The summed E-state index contributed by atoms with van der Waals surface area (Å²) in [6.07, 6.45) is 5.65. The Bertz CT molecular complexity index is 1010. The van der Waals surface area contributed by atoms with Crippen molar-refractivity contribution in [3.63, 3.8) is 0 Å². The molecule has 9 heteroatoms. The number of carbonyl (C=O) groups excluding carboxylic acids is 1. The molecular weight excluding hydrogens is 370 g/mol. The molecule has 3 rings (SSSR count). The second-order valence-corrected chi connectivity index (χ2v) is 7.39. The van der Waals surface area contributed by atoms with Crippen LogP contribution in [0.4, 0.5) is 20.2 Å². The van der Waals surface area contributed by atoms with E-state index in [-0.39, 0.29) is 17.2 Å². The molecule has 1 fully saturated rings. The topological polar surface area (TPSA) is 107 Å². The molecule has 0 aliphatic heterocycles. The maximum atomic E-state index is 15.4. The SMILES string of the molecule is CC(C)n1cc(C(=O)N=O)c(=O)c2c(N)c(F)c(NC3CCCCC3)c(F)c21. The monoisotopic (exact) mass is 392 g/mol. The van der Waals surface area contributed by atoms with Gasteiger partial charge in [-0.1, -0.05) is 19.3 Å². The summed E-state index contributed by atoms with van der Waals surface area (Å²) in [6, 6.07) is -0.489. The minimum absolute atomic E-state index is 0.0889. The summed E-state index contributed by atoms with van der Waals surface area (Å²) in [6.45, 7) is 3.39. The standard InChI is InChI=1S/C19H22F2N4O3/c1-9(2)25-8-11(19(27)24-28)18(26)12-15(22)13(20)16(14(21)17(12)25)23-10-6-4-3-5-7-10/h8-10,23H,3-7,22H2,1-2H3. The predicted molar refractivity (Wildman–Crippen MR) is 104 cm³/mol. The Morgan fingerprint density at radius 2 is 1.89 bits per heavy atom. The molecule has 150 valence electrons. The van der Waals surface area contributed by atoms with Crippen LogP contribution in [0.3, 0.4) is 0 Å². The average molecular weight is 392 g/mol. The van der Waals surface area contributed by atoms with Gasteiger partial charge in [-0.3, -0.25) is 9.59 Å². The molecular formula is C19H22F2N4O3. The zero-order chi connectivity index (χ0) is 20.6. The van der Waals surface area contributed by atoms with Crippen molar-refractivity contribution in [1.29, 1.82) is 0 Å². The van der Waals surface area contributed by atoms with Crippen LogP contribution in [0, 0.1) is 16.5 Å². The van der Waals surface area contributed by atoms with Crippen LogP contribution in [0.25, 0.3) is 10.9 Å². The van der Waals surface area contributed by atoms with E-state index in [0.717, 1.165) is 38.3 Å². The number of carbonyl (C=O) groups is 1. The average Bonchev–Trinajstić information content (AvgIpc) is 2.69. The van der Waals surface area contributed by atoms with Gasteiger partial charge in [-0.25, -0.2) is 8.78 Å². The van der Waals surface area contributed by atoms with Crippen molar-refractivity contribution in [3.05, 3.63) is 38.5 Å². The molecule has 1 amide bonds. The highest BCUT2D eigenvalue weighted by Gasteiger charge is 2.28. The van der Waals surface area contributed by atoms with Gasteiger partial charge in [0.2, 0.25) is 5.43 Å². The third-order valence-corrected chi connectivity index (χ3v) is 5.21. The number of fused-ring (bicyclic) bond motifs is 1. The molecule has 7 nitrogen and oxygen atoms in total. The van der Waals surface area contributed by atoms with Crippen LogP contribution < -0.4 is 16.5 Å². The summed E-state index contributed by atoms with van der Waals surface area (Å²) >= 11 is 0. The highest BCUT2D eigenvalue weighted by atomic mass is 19.1. The Balaban J connectivity index is 2.32. The first kappa shape index (κ1) is 19.9. The van der Waals surface area contributed by atoms with Crippen LogP contribution in [-0.4, -0.2) is 16.5 Å². The summed E-state index contributed by atoms with van der Waals surface area (Å²) < 4.78 is 31.6. The van der Waals surface area contributed by atoms with Gasteiger partial charge in [0, 0.05) is 23.5 Å². The minimum atomic E-state index is -1.31. The number of pyridine rings is 1. The van der Waals surface area contributed by atoms with Crippen LogP contribution in [0.5, 0.6) is 0 Å². The Morgan fingerprint density at radius 3 is 2.46 bits per heavy atom. The lowest BCUT2D eigenvalue weighted by Crippen LogP contribution is -2.26. The molecule has 1 heterocycles. The highest BCUT2D eigenvalue weighted by Crippen LogP contribution is 2.35. The van der Waals surface area contributed by atoms with E-state index in [1.807, 2.05) is 0 Å². The molecule has 28 heavy (non-hydrogen) atoms. The fraction of sp³-hybridized carbons (Fsp3) is 0.474. The minimum Gasteiger partial charge on any atom is -0.396 e. The molecule has 0 bridgehead atoms. The normalized spacial score (nSPS) is 15.2. The second kappa shape index (κ2) is 7.65. The number of halogens is 2. The number of hydrogen-bond donors (Lipinski definition) is 2. The quantitative estimate of drug-likeness (QED) is 0.602. The summed E-state index contributed by atoms with van der Waals surface area (Å²) in [5, 5.41) is 4.69. The largest absolute Gasteiger partial charge is 0.396 e. The molecule has 1 saturated carbocycles. The fourth-order valence-corrected chi connectivity index (χ4v) is 3.75. The Labute approximate surface area is 159 Å². The van der Waals surface area contributed by atoms with Gasteiger partial charge in [0.1, 0.15) is 11.3 Å². The number of nitrogens with zero attached hydrogens (tertiary/aromatic N) is 2. The van der Waals surface area contributed by atoms with Gasteiger partial charge in [0.25, 0.3) is 0 Å². The van der Waals surface area contributed by atoms with Gasteiger partial charge >= 0.3 is 5.91 Å². The molecule has 2 aromatic rings. The van der Waals surface area contributed by atoms with E-state index >= 15 is 4.39 Å². The van der Waals surface area contributed by atoms with Gasteiger partial charge in [-0.2, -0.15) is 0 Å². The third kappa shape index (κ3) is 3.25. The van der Waals surface area contributed by atoms with Gasteiger partial charge < -0.3 is 15.6 Å². The molecule has 1 aliphatic carbocycles. The van der Waals surface area contributed by atoms with Crippen molar-refractivity contribution >= 4 is 28.2 Å². The lowest BCUT2D eigenvalue weighted by Gasteiger charge is -2.26. The molecule has 1 aromatic heterocycles. The first-order chi connectivity index (χ1) is 13.3. The summed E-state index contributed by atoms with van der Waals surface area (Å²) in [4.78, 5) is 35.0. The first-order valence-corrected chi connectivity index (χ1v) is 9.27. The predicted octanol–water partition coefficient (Wildman–Crippen LogP) is 4.09. The smallest absolute Gasteiger partial charge is 0.322 e.